The second-order valence-corrected chi connectivity index (χ2v) is 3.51. The zero-order valence-electron chi connectivity index (χ0n) is 8.54. The van der Waals surface area contributed by atoms with Crippen molar-refractivity contribution < 1.29 is 5.11 Å². The smallest absolute Gasteiger partial charge is 0.100 e. The molecule has 4 heteroatoms. The topological polar surface area (TPSA) is 50.9 Å². The predicted molar refractivity (Wildman–Crippen MR) is 56.2 cm³/mol. The number of aryl methyl sites for hydroxylation is 1. The fourth-order valence-corrected chi connectivity index (χ4v) is 1.39. The molecule has 15 heavy (non-hydrogen) atoms. The van der Waals surface area contributed by atoms with Crippen molar-refractivity contribution >= 4 is 0 Å². The third-order valence-corrected chi connectivity index (χ3v) is 2.26. The van der Waals surface area contributed by atoms with E-state index in [0.29, 0.717) is 6.54 Å². The second kappa shape index (κ2) is 4.23. The van der Waals surface area contributed by atoms with Crippen LogP contribution in [0.2, 0.25) is 0 Å². The highest BCUT2D eigenvalue weighted by molar-refractivity contribution is 5.22. The molecule has 2 rings (SSSR count). The Morgan fingerprint density at radius 2 is 1.80 bits per heavy atom. The molecular weight excluding hydrogens is 190 g/mol. The lowest BCUT2D eigenvalue weighted by Gasteiger charge is -2.10. The van der Waals surface area contributed by atoms with Crippen molar-refractivity contribution in [3.05, 3.63) is 47.8 Å². The van der Waals surface area contributed by atoms with Crippen LogP contribution in [0.4, 0.5) is 0 Å². The summed E-state index contributed by atoms with van der Waals surface area (Å²) in [4.78, 5) is 1.48. The van der Waals surface area contributed by atoms with Crippen molar-refractivity contribution in [3.8, 4) is 0 Å². The number of nitrogens with zero attached hydrogens (tertiary/aromatic N) is 3. The molecule has 1 atom stereocenters. The van der Waals surface area contributed by atoms with Gasteiger partial charge in [0.15, 0.2) is 0 Å². The molecule has 1 heterocycles. The van der Waals surface area contributed by atoms with E-state index >= 15 is 0 Å². The maximum Gasteiger partial charge on any atom is 0.100 e. The summed E-state index contributed by atoms with van der Waals surface area (Å²) in [5.41, 5.74) is 2.07. The van der Waals surface area contributed by atoms with Crippen molar-refractivity contribution in [3.63, 3.8) is 0 Å². The molecule has 0 aliphatic rings. The van der Waals surface area contributed by atoms with Crippen molar-refractivity contribution in [2.75, 3.05) is 0 Å². The Morgan fingerprint density at radius 3 is 2.40 bits per heavy atom. The first-order valence-electron chi connectivity index (χ1n) is 4.84. The summed E-state index contributed by atoms with van der Waals surface area (Å²) in [5.74, 6) is 0. The van der Waals surface area contributed by atoms with E-state index in [2.05, 4.69) is 10.2 Å². The van der Waals surface area contributed by atoms with Crippen LogP contribution in [0.1, 0.15) is 17.2 Å². The minimum atomic E-state index is -0.557. The maximum absolute atomic E-state index is 9.88. The Bertz CT molecular complexity index is 408. The van der Waals surface area contributed by atoms with Crippen LogP contribution in [0.25, 0.3) is 0 Å². The summed E-state index contributed by atoms with van der Waals surface area (Å²) >= 11 is 0. The summed E-state index contributed by atoms with van der Waals surface area (Å²) in [5, 5.41) is 17.8. The van der Waals surface area contributed by atoms with Gasteiger partial charge in [-0.25, -0.2) is 0 Å². The van der Waals surface area contributed by atoms with E-state index in [-0.39, 0.29) is 0 Å². The molecule has 1 aromatic carbocycles. The molecule has 0 aliphatic heterocycles. The van der Waals surface area contributed by atoms with Crippen LogP contribution in [0.5, 0.6) is 0 Å². The Balaban J connectivity index is 2.08. The van der Waals surface area contributed by atoms with Gasteiger partial charge in [-0.05, 0) is 12.5 Å². The molecule has 0 aliphatic carbocycles. The number of aromatic nitrogens is 3. The molecule has 0 bridgehead atoms. The van der Waals surface area contributed by atoms with Crippen molar-refractivity contribution in [1.82, 2.24) is 15.0 Å². The monoisotopic (exact) mass is 203 g/mol. The van der Waals surface area contributed by atoms with Crippen LogP contribution < -0.4 is 0 Å². The number of rotatable bonds is 3. The van der Waals surface area contributed by atoms with Crippen LogP contribution in [0.15, 0.2) is 36.7 Å². The lowest BCUT2D eigenvalue weighted by Crippen LogP contribution is -2.11. The van der Waals surface area contributed by atoms with Crippen LogP contribution >= 0.6 is 0 Å². The van der Waals surface area contributed by atoms with Crippen molar-refractivity contribution in [2.45, 2.75) is 19.6 Å². The van der Waals surface area contributed by atoms with Gasteiger partial charge in [-0.1, -0.05) is 29.8 Å². The third-order valence-electron chi connectivity index (χ3n) is 2.26. The van der Waals surface area contributed by atoms with E-state index in [0.717, 1.165) is 5.56 Å². The molecule has 78 valence electrons. The normalized spacial score (nSPS) is 12.7. The first-order valence-corrected chi connectivity index (χ1v) is 4.84. The molecule has 2 aromatic rings. The number of hydrogen-bond acceptors (Lipinski definition) is 3. The highest BCUT2D eigenvalue weighted by Crippen LogP contribution is 2.14. The quantitative estimate of drug-likeness (QED) is 0.818. The van der Waals surface area contributed by atoms with E-state index in [1.165, 1.54) is 10.4 Å². The minimum Gasteiger partial charge on any atom is -0.386 e. The van der Waals surface area contributed by atoms with Crippen LogP contribution in [0.3, 0.4) is 0 Å². The molecule has 0 saturated carbocycles. The Labute approximate surface area is 88.2 Å². The van der Waals surface area contributed by atoms with Gasteiger partial charge < -0.3 is 5.11 Å². The fraction of sp³-hybridized carbons (Fsp3) is 0.273. The van der Waals surface area contributed by atoms with Gasteiger partial charge in [0.05, 0.1) is 18.9 Å². The van der Waals surface area contributed by atoms with Crippen molar-refractivity contribution in [1.29, 1.82) is 0 Å². The highest BCUT2D eigenvalue weighted by Gasteiger charge is 2.08. The summed E-state index contributed by atoms with van der Waals surface area (Å²) in [7, 11) is 0. The van der Waals surface area contributed by atoms with Crippen LogP contribution in [0, 0.1) is 6.92 Å². The van der Waals surface area contributed by atoms with Gasteiger partial charge in [0.1, 0.15) is 6.10 Å². The summed E-state index contributed by atoms with van der Waals surface area (Å²) in [6.07, 6.45) is 2.64. The number of benzene rings is 1. The maximum atomic E-state index is 9.88. The first-order chi connectivity index (χ1) is 7.25. The highest BCUT2D eigenvalue weighted by atomic mass is 16.3. The number of aliphatic hydroxyl groups excluding tert-OH is 1. The molecule has 0 amide bonds. The molecule has 0 radical (unpaired) electrons. The molecule has 0 spiro atoms. The Hall–Kier alpha value is -1.68. The van der Waals surface area contributed by atoms with Gasteiger partial charge in [-0.3, -0.25) is 0 Å². The standard InChI is InChI=1S/C11H13N3O/c1-9-2-4-10(5-3-9)11(15)8-14-12-6-7-13-14/h2-7,11,15H,8H2,1H3. The molecule has 4 nitrogen and oxygen atoms in total. The lowest BCUT2D eigenvalue weighted by molar-refractivity contribution is 0.145. The van der Waals surface area contributed by atoms with Gasteiger partial charge in [-0.2, -0.15) is 15.0 Å². The van der Waals surface area contributed by atoms with E-state index in [1.807, 2.05) is 31.2 Å². The fourth-order valence-electron chi connectivity index (χ4n) is 1.39. The Kier molecular flexibility index (Phi) is 2.78. The molecule has 1 unspecified atom stereocenters. The van der Waals surface area contributed by atoms with E-state index < -0.39 is 6.10 Å². The van der Waals surface area contributed by atoms with Gasteiger partial charge in [0, 0.05) is 0 Å². The van der Waals surface area contributed by atoms with Gasteiger partial charge >= 0.3 is 0 Å². The summed E-state index contributed by atoms with van der Waals surface area (Å²) in [6.45, 7) is 2.40. The molecule has 1 N–H and O–H groups in total. The van der Waals surface area contributed by atoms with Crippen LogP contribution in [-0.2, 0) is 6.54 Å². The largest absolute Gasteiger partial charge is 0.386 e. The SMILES string of the molecule is Cc1ccc(C(O)Cn2nccn2)cc1. The number of aliphatic hydroxyl groups is 1. The summed E-state index contributed by atoms with van der Waals surface area (Å²) in [6, 6.07) is 7.80. The molecule has 0 fully saturated rings. The summed E-state index contributed by atoms with van der Waals surface area (Å²) < 4.78 is 0. The zero-order valence-corrected chi connectivity index (χ0v) is 8.54. The number of hydrogen-bond donors (Lipinski definition) is 1. The molecular formula is C11H13N3O. The third kappa shape index (κ3) is 2.41. The van der Waals surface area contributed by atoms with Gasteiger partial charge in [0.2, 0.25) is 0 Å². The average molecular weight is 203 g/mol. The average Bonchev–Trinajstić information content (AvgIpc) is 2.71. The van der Waals surface area contributed by atoms with E-state index in [9.17, 15) is 5.11 Å². The second-order valence-electron chi connectivity index (χ2n) is 3.51. The Morgan fingerprint density at radius 1 is 1.20 bits per heavy atom. The lowest BCUT2D eigenvalue weighted by atomic mass is 10.1. The van der Waals surface area contributed by atoms with Gasteiger partial charge in [0.25, 0.3) is 0 Å². The van der Waals surface area contributed by atoms with Crippen molar-refractivity contribution in [2.24, 2.45) is 0 Å². The van der Waals surface area contributed by atoms with Gasteiger partial charge in [-0.15, -0.1) is 0 Å². The molecule has 1 aromatic heterocycles. The first kappa shape index (κ1) is 9.86. The molecule has 0 saturated heterocycles. The zero-order chi connectivity index (χ0) is 10.7. The minimum absolute atomic E-state index is 0.385. The van der Waals surface area contributed by atoms with E-state index in [4.69, 9.17) is 0 Å². The van der Waals surface area contributed by atoms with E-state index in [1.54, 1.807) is 12.4 Å². The predicted octanol–water partition coefficient (Wildman–Crippen LogP) is 1.32. The van der Waals surface area contributed by atoms with Crippen LogP contribution in [-0.4, -0.2) is 20.1 Å².